The molecule has 27 heavy (non-hydrogen) atoms. The molecule has 0 unspecified atom stereocenters. The van der Waals surface area contributed by atoms with E-state index in [1.165, 1.54) is 12.1 Å². The van der Waals surface area contributed by atoms with E-state index in [9.17, 15) is 13.6 Å². The summed E-state index contributed by atoms with van der Waals surface area (Å²) in [4.78, 5) is 14.1. The maximum absolute atomic E-state index is 15.0. The van der Waals surface area contributed by atoms with Gasteiger partial charge >= 0.3 is 0 Å². The van der Waals surface area contributed by atoms with E-state index in [2.05, 4.69) is 15.5 Å². The van der Waals surface area contributed by atoms with Crippen LogP contribution in [0.1, 0.15) is 34.6 Å². The Morgan fingerprint density at radius 2 is 2.00 bits per heavy atom. The van der Waals surface area contributed by atoms with Gasteiger partial charge in [0.1, 0.15) is 11.5 Å². The molecule has 5 nitrogen and oxygen atoms in total. The third-order valence-corrected chi connectivity index (χ3v) is 5.00. The molecule has 144 valence electrons. The number of rotatable bonds is 5. The molecular formula is C19H21ClF2N4O. The number of alkyl halides is 1. The van der Waals surface area contributed by atoms with Crippen molar-refractivity contribution in [3.8, 4) is 0 Å². The first kappa shape index (κ1) is 19.6. The summed E-state index contributed by atoms with van der Waals surface area (Å²) in [5.74, 6) is -0.833. The minimum atomic E-state index is -1.38. The van der Waals surface area contributed by atoms with Crippen molar-refractivity contribution in [2.24, 2.45) is 0 Å². The Bertz CT molecular complexity index is 808. The van der Waals surface area contributed by atoms with E-state index in [0.717, 1.165) is 17.5 Å². The highest BCUT2D eigenvalue weighted by atomic mass is 35.5. The molecule has 1 amide bonds. The van der Waals surface area contributed by atoms with E-state index < -0.39 is 11.5 Å². The molecular weight excluding hydrogens is 374 g/mol. The monoisotopic (exact) mass is 394 g/mol. The number of carbonyl (C=O) groups is 1. The van der Waals surface area contributed by atoms with E-state index in [4.69, 9.17) is 11.6 Å². The zero-order chi connectivity index (χ0) is 19.4. The predicted octanol–water partition coefficient (Wildman–Crippen LogP) is 3.31. The topological polar surface area (TPSA) is 58.1 Å². The maximum Gasteiger partial charge on any atom is 0.253 e. The lowest BCUT2D eigenvalue weighted by Gasteiger charge is -2.36. The van der Waals surface area contributed by atoms with Gasteiger partial charge in [0, 0.05) is 44.6 Å². The average Bonchev–Trinajstić information content (AvgIpc) is 2.66. The van der Waals surface area contributed by atoms with Crippen molar-refractivity contribution >= 4 is 17.5 Å². The number of hydrogen-bond acceptors (Lipinski definition) is 4. The van der Waals surface area contributed by atoms with Gasteiger partial charge in [-0.25, -0.2) is 8.78 Å². The fourth-order valence-corrected chi connectivity index (χ4v) is 3.22. The lowest BCUT2D eigenvalue weighted by molar-refractivity contribution is 0.0434. The number of piperidine rings is 1. The van der Waals surface area contributed by atoms with Gasteiger partial charge in [0.05, 0.1) is 16.4 Å². The number of amides is 1. The number of aromatic nitrogens is 2. The van der Waals surface area contributed by atoms with E-state index in [0.29, 0.717) is 25.2 Å². The Kier molecular flexibility index (Phi) is 6.01. The Morgan fingerprint density at radius 1 is 1.26 bits per heavy atom. The molecule has 1 aromatic carbocycles. The second-order valence-electron chi connectivity index (χ2n) is 6.84. The van der Waals surface area contributed by atoms with Crippen molar-refractivity contribution in [3.05, 3.63) is 58.1 Å². The average molecular weight is 395 g/mol. The molecule has 1 aliphatic heterocycles. The van der Waals surface area contributed by atoms with E-state index in [1.807, 2.05) is 19.1 Å². The van der Waals surface area contributed by atoms with Gasteiger partial charge in [-0.3, -0.25) is 4.79 Å². The second kappa shape index (κ2) is 8.27. The lowest BCUT2D eigenvalue weighted by atomic mass is 9.92. The quantitative estimate of drug-likeness (QED) is 0.845. The minimum absolute atomic E-state index is 0.0962. The largest absolute Gasteiger partial charge is 0.338 e. The molecule has 0 bridgehead atoms. The van der Waals surface area contributed by atoms with Crippen LogP contribution in [0.25, 0.3) is 0 Å². The Balaban J connectivity index is 1.50. The number of carbonyl (C=O) groups excluding carboxylic acids is 1. The third kappa shape index (κ3) is 4.99. The van der Waals surface area contributed by atoms with Crippen LogP contribution in [0.3, 0.4) is 0 Å². The van der Waals surface area contributed by atoms with Crippen LogP contribution in [-0.4, -0.2) is 46.3 Å². The van der Waals surface area contributed by atoms with Gasteiger partial charge in [0.15, 0.2) is 0 Å². The number of nitrogens with zero attached hydrogens (tertiary/aromatic N) is 3. The van der Waals surface area contributed by atoms with Gasteiger partial charge in [-0.15, -0.1) is 0 Å². The van der Waals surface area contributed by atoms with Crippen molar-refractivity contribution in [2.75, 3.05) is 19.6 Å². The van der Waals surface area contributed by atoms with Crippen LogP contribution in [0, 0.1) is 12.7 Å². The molecule has 0 atom stereocenters. The number of hydrogen-bond donors (Lipinski definition) is 1. The molecule has 1 aliphatic rings. The van der Waals surface area contributed by atoms with Gasteiger partial charge in [-0.1, -0.05) is 11.6 Å². The van der Waals surface area contributed by atoms with E-state index >= 15 is 0 Å². The van der Waals surface area contributed by atoms with Crippen LogP contribution in [0.2, 0.25) is 5.02 Å². The summed E-state index contributed by atoms with van der Waals surface area (Å²) in [6, 6.07) is 7.58. The fourth-order valence-electron chi connectivity index (χ4n) is 3.03. The highest BCUT2D eigenvalue weighted by Gasteiger charge is 2.35. The van der Waals surface area contributed by atoms with Crippen LogP contribution in [0.5, 0.6) is 0 Å². The molecule has 0 radical (unpaired) electrons. The van der Waals surface area contributed by atoms with Crippen molar-refractivity contribution in [1.82, 2.24) is 20.4 Å². The SMILES string of the molecule is Cc1ccc(CNCC2(F)CCN(C(=O)c3ccc(F)c(Cl)c3)CC2)nn1. The molecule has 0 saturated carbocycles. The van der Waals surface area contributed by atoms with Crippen molar-refractivity contribution < 1.29 is 13.6 Å². The van der Waals surface area contributed by atoms with Crippen molar-refractivity contribution in [2.45, 2.75) is 32.0 Å². The highest BCUT2D eigenvalue weighted by molar-refractivity contribution is 6.31. The van der Waals surface area contributed by atoms with E-state index in [1.54, 1.807) is 4.90 Å². The lowest BCUT2D eigenvalue weighted by Crippen LogP contribution is -2.48. The summed E-state index contributed by atoms with van der Waals surface area (Å²) in [5, 5.41) is 11.0. The van der Waals surface area contributed by atoms with Crippen LogP contribution < -0.4 is 5.32 Å². The van der Waals surface area contributed by atoms with Gasteiger partial charge in [-0.05, 0) is 37.3 Å². The van der Waals surface area contributed by atoms with Crippen LogP contribution in [-0.2, 0) is 6.54 Å². The highest BCUT2D eigenvalue weighted by Crippen LogP contribution is 2.27. The molecule has 0 spiro atoms. The number of likely N-dealkylation sites (tertiary alicyclic amines) is 1. The summed E-state index contributed by atoms with van der Waals surface area (Å²) in [6.07, 6.45) is 0.473. The van der Waals surface area contributed by atoms with Crippen molar-refractivity contribution in [1.29, 1.82) is 0 Å². The van der Waals surface area contributed by atoms with Crippen molar-refractivity contribution in [3.63, 3.8) is 0 Å². The smallest absolute Gasteiger partial charge is 0.253 e. The Labute approximate surface area is 161 Å². The normalized spacial score (nSPS) is 16.4. The van der Waals surface area contributed by atoms with Crippen LogP contribution in [0.4, 0.5) is 8.78 Å². The summed E-state index contributed by atoms with van der Waals surface area (Å²) in [5.41, 5.74) is 0.518. The fraction of sp³-hybridized carbons (Fsp3) is 0.421. The molecule has 2 heterocycles. The number of nitrogens with one attached hydrogen (secondary N) is 1. The molecule has 1 aromatic heterocycles. The molecule has 3 rings (SSSR count). The molecule has 1 fully saturated rings. The summed E-state index contributed by atoms with van der Waals surface area (Å²) in [6.45, 7) is 3.09. The van der Waals surface area contributed by atoms with Gasteiger partial charge in [0.2, 0.25) is 0 Å². The summed E-state index contributed by atoms with van der Waals surface area (Å²) in [7, 11) is 0. The zero-order valence-electron chi connectivity index (χ0n) is 15.0. The number of halogens is 3. The summed E-state index contributed by atoms with van der Waals surface area (Å²) >= 11 is 5.73. The molecule has 1 N–H and O–H groups in total. The second-order valence-corrected chi connectivity index (χ2v) is 7.25. The van der Waals surface area contributed by atoms with Gasteiger partial charge in [0.25, 0.3) is 5.91 Å². The Hall–Kier alpha value is -2.12. The summed E-state index contributed by atoms with van der Waals surface area (Å²) < 4.78 is 28.2. The Morgan fingerprint density at radius 3 is 2.63 bits per heavy atom. The van der Waals surface area contributed by atoms with Gasteiger partial charge in [-0.2, -0.15) is 10.2 Å². The zero-order valence-corrected chi connectivity index (χ0v) is 15.8. The minimum Gasteiger partial charge on any atom is -0.338 e. The first-order valence-electron chi connectivity index (χ1n) is 8.79. The first-order valence-corrected chi connectivity index (χ1v) is 9.17. The number of aryl methyl sites for hydroxylation is 1. The van der Waals surface area contributed by atoms with Crippen LogP contribution in [0.15, 0.2) is 30.3 Å². The first-order chi connectivity index (χ1) is 12.9. The van der Waals surface area contributed by atoms with Gasteiger partial charge < -0.3 is 10.2 Å². The molecule has 2 aromatic rings. The maximum atomic E-state index is 15.0. The van der Waals surface area contributed by atoms with Crippen LogP contribution >= 0.6 is 11.6 Å². The third-order valence-electron chi connectivity index (χ3n) is 4.71. The molecule has 8 heteroatoms. The number of benzene rings is 1. The molecule has 0 aliphatic carbocycles. The molecule has 1 saturated heterocycles. The predicted molar refractivity (Wildman–Crippen MR) is 98.9 cm³/mol. The standard InChI is InChI=1S/C19H21ClF2N4O/c1-13-2-4-15(25-24-13)11-23-12-19(22)6-8-26(9-7-19)18(27)14-3-5-17(21)16(20)10-14/h2-5,10,23H,6-9,11-12H2,1H3. The van der Waals surface area contributed by atoms with E-state index in [-0.39, 0.29) is 30.3 Å².